The molecule has 0 heterocycles. The Balaban J connectivity index is 2.33. The van der Waals surface area contributed by atoms with Crippen LogP contribution in [0.5, 0.6) is 0 Å². The van der Waals surface area contributed by atoms with Gasteiger partial charge in [0.1, 0.15) is 0 Å². The van der Waals surface area contributed by atoms with Gasteiger partial charge in [-0.05, 0) is 46.0 Å². The van der Waals surface area contributed by atoms with Gasteiger partial charge in [-0.3, -0.25) is 0 Å². The van der Waals surface area contributed by atoms with Crippen LogP contribution in [-0.4, -0.2) is 25.5 Å². The molecule has 0 bridgehead atoms. The molecule has 0 aliphatic carbocycles. The summed E-state index contributed by atoms with van der Waals surface area (Å²) in [6.07, 6.45) is 2.44. The fourth-order valence-electron chi connectivity index (χ4n) is 1.35. The Bertz CT molecular complexity index is 236. The van der Waals surface area contributed by atoms with Gasteiger partial charge in [0.2, 0.25) is 0 Å². The summed E-state index contributed by atoms with van der Waals surface area (Å²) in [4.78, 5) is 2.23. The molecule has 0 saturated carbocycles. The van der Waals surface area contributed by atoms with Gasteiger partial charge in [0.05, 0.1) is 0 Å². The molecule has 0 atom stereocenters. The molecule has 0 saturated heterocycles. The molecule has 0 fully saturated rings. The third kappa shape index (κ3) is 4.09. The zero-order chi connectivity index (χ0) is 9.68. The van der Waals surface area contributed by atoms with Crippen LogP contribution in [0.2, 0.25) is 0 Å². The van der Waals surface area contributed by atoms with Gasteiger partial charge in [-0.2, -0.15) is 0 Å². The van der Waals surface area contributed by atoms with E-state index in [1.54, 1.807) is 0 Å². The number of aryl methyl sites for hydroxylation is 2. The van der Waals surface area contributed by atoms with Crippen molar-refractivity contribution in [2.45, 2.75) is 19.8 Å². The molecule has 1 aromatic rings. The topological polar surface area (TPSA) is 3.24 Å². The van der Waals surface area contributed by atoms with Crippen LogP contribution in [0.4, 0.5) is 0 Å². The van der Waals surface area contributed by atoms with Crippen molar-refractivity contribution in [3.63, 3.8) is 0 Å². The summed E-state index contributed by atoms with van der Waals surface area (Å²) in [5.74, 6) is 0. The highest BCUT2D eigenvalue weighted by Gasteiger charge is 1.93. The predicted molar refractivity (Wildman–Crippen MR) is 58.1 cm³/mol. The highest BCUT2D eigenvalue weighted by molar-refractivity contribution is 5.21. The Hall–Kier alpha value is -0.820. The lowest BCUT2D eigenvalue weighted by Gasteiger charge is -2.08. The van der Waals surface area contributed by atoms with Crippen molar-refractivity contribution in [3.8, 4) is 0 Å². The standard InChI is InChI=1S/C12H19N/c1-11-6-8-12(9-7-11)5-4-10-13(2)3/h6-9H,4-5,10H2,1-3H3. The second kappa shape index (κ2) is 5.03. The molecule has 0 spiro atoms. The van der Waals surface area contributed by atoms with Gasteiger partial charge in [-0.15, -0.1) is 0 Å². The second-order valence-electron chi connectivity index (χ2n) is 3.89. The zero-order valence-corrected chi connectivity index (χ0v) is 8.88. The average molecular weight is 177 g/mol. The van der Waals surface area contributed by atoms with Crippen LogP contribution in [-0.2, 0) is 6.42 Å². The van der Waals surface area contributed by atoms with E-state index in [0.29, 0.717) is 0 Å². The van der Waals surface area contributed by atoms with E-state index in [9.17, 15) is 0 Å². The van der Waals surface area contributed by atoms with E-state index in [4.69, 9.17) is 0 Å². The molecule has 0 aromatic heterocycles. The van der Waals surface area contributed by atoms with Crippen LogP contribution in [0, 0.1) is 6.92 Å². The Morgan fingerprint density at radius 3 is 2.23 bits per heavy atom. The number of hydrogen-bond donors (Lipinski definition) is 0. The molecular weight excluding hydrogens is 158 g/mol. The SMILES string of the molecule is Cc1ccc(CCCN(C)C)cc1. The maximum absolute atomic E-state index is 2.23. The van der Waals surface area contributed by atoms with Gasteiger partial charge in [-0.1, -0.05) is 29.8 Å². The summed E-state index contributed by atoms with van der Waals surface area (Å²) in [6.45, 7) is 3.30. The van der Waals surface area contributed by atoms with Crippen LogP contribution >= 0.6 is 0 Å². The molecule has 72 valence electrons. The van der Waals surface area contributed by atoms with Gasteiger partial charge in [0, 0.05) is 0 Å². The van der Waals surface area contributed by atoms with Crippen molar-refractivity contribution in [2.75, 3.05) is 20.6 Å². The van der Waals surface area contributed by atoms with Crippen molar-refractivity contribution in [1.29, 1.82) is 0 Å². The first kappa shape index (κ1) is 10.3. The van der Waals surface area contributed by atoms with Gasteiger partial charge in [0.25, 0.3) is 0 Å². The lowest BCUT2D eigenvalue weighted by atomic mass is 10.1. The number of nitrogens with zero attached hydrogens (tertiary/aromatic N) is 1. The first-order chi connectivity index (χ1) is 6.18. The van der Waals surface area contributed by atoms with Crippen molar-refractivity contribution in [1.82, 2.24) is 4.90 Å². The molecule has 0 N–H and O–H groups in total. The monoisotopic (exact) mass is 177 g/mol. The minimum absolute atomic E-state index is 1.17. The van der Waals surface area contributed by atoms with Crippen LogP contribution in [0.1, 0.15) is 17.5 Å². The third-order valence-corrected chi connectivity index (χ3v) is 2.19. The quantitative estimate of drug-likeness (QED) is 0.683. The number of hydrogen-bond acceptors (Lipinski definition) is 1. The van der Waals surface area contributed by atoms with E-state index in [-0.39, 0.29) is 0 Å². The first-order valence-electron chi connectivity index (χ1n) is 4.89. The maximum Gasteiger partial charge on any atom is -0.00217 e. The van der Waals surface area contributed by atoms with Gasteiger partial charge < -0.3 is 4.90 Å². The molecule has 1 aromatic carbocycles. The first-order valence-corrected chi connectivity index (χ1v) is 4.89. The van der Waals surface area contributed by atoms with Gasteiger partial charge in [0.15, 0.2) is 0 Å². The van der Waals surface area contributed by atoms with E-state index in [0.717, 1.165) is 0 Å². The lowest BCUT2D eigenvalue weighted by Crippen LogP contribution is -2.13. The number of benzene rings is 1. The van der Waals surface area contributed by atoms with Crippen molar-refractivity contribution in [2.24, 2.45) is 0 Å². The van der Waals surface area contributed by atoms with Crippen LogP contribution in [0.3, 0.4) is 0 Å². The van der Waals surface area contributed by atoms with Crippen molar-refractivity contribution in [3.05, 3.63) is 35.4 Å². The minimum atomic E-state index is 1.17. The second-order valence-corrected chi connectivity index (χ2v) is 3.89. The van der Waals surface area contributed by atoms with E-state index >= 15 is 0 Å². The molecule has 0 aliphatic heterocycles. The van der Waals surface area contributed by atoms with Crippen molar-refractivity contribution >= 4 is 0 Å². The molecule has 0 radical (unpaired) electrons. The highest BCUT2D eigenvalue weighted by atomic mass is 15.0. The molecule has 13 heavy (non-hydrogen) atoms. The molecule has 1 rings (SSSR count). The Kier molecular flexibility index (Phi) is 3.97. The molecule has 0 unspecified atom stereocenters. The molecule has 1 nitrogen and oxygen atoms in total. The zero-order valence-electron chi connectivity index (χ0n) is 8.88. The number of rotatable bonds is 4. The summed E-state index contributed by atoms with van der Waals surface area (Å²) in [6, 6.07) is 8.83. The third-order valence-electron chi connectivity index (χ3n) is 2.19. The van der Waals surface area contributed by atoms with Gasteiger partial charge in [-0.25, -0.2) is 0 Å². The summed E-state index contributed by atoms with van der Waals surface area (Å²) >= 11 is 0. The summed E-state index contributed by atoms with van der Waals surface area (Å²) < 4.78 is 0. The Labute approximate surface area is 81.4 Å². The van der Waals surface area contributed by atoms with Crippen LogP contribution in [0.25, 0.3) is 0 Å². The molecular formula is C12H19N. The van der Waals surface area contributed by atoms with Crippen LogP contribution in [0.15, 0.2) is 24.3 Å². The lowest BCUT2D eigenvalue weighted by molar-refractivity contribution is 0.400. The molecule has 0 amide bonds. The smallest absolute Gasteiger partial charge is 0.00217 e. The normalized spacial score (nSPS) is 10.8. The molecule has 0 aliphatic rings. The fraction of sp³-hybridized carbons (Fsp3) is 0.500. The average Bonchev–Trinajstić information content (AvgIpc) is 2.08. The largest absolute Gasteiger partial charge is 0.309 e. The summed E-state index contributed by atoms with van der Waals surface area (Å²) in [5, 5.41) is 0. The summed E-state index contributed by atoms with van der Waals surface area (Å²) in [5.41, 5.74) is 2.80. The van der Waals surface area contributed by atoms with E-state index in [2.05, 4.69) is 50.2 Å². The Morgan fingerprint density at radius 1 is 1.08 bits per heavy atom. The molecule has 1 heteroatoms. The maximum atomic E-state index is 2.23. The Morgan fingerprint density at radius 2 is 1.69 bits per heavy atom. The van der Waals surface area contributed by atoms with E-state index in [1.807, 2.05) is 0 Å². The highest BCUT2D eigenvalue weighted by Crippen LogP contribution is 2.05. The van der Waals surface area contributed by atoms with Crippen molar-refractivity contribution < 1.29 is 0 Å². The van der Waals surface area contributed by atoms with E-state index < -0.39 is 0 Å². The predicted octanol–water partition coefficient (Wildman–Crippen LogP) is 2.49. The van der Waals surface area contributed by atoms with Crippen LogP contribution < -0.4 is 0 Å². The summed E-state index contributed by atoms with van der Waals surface area (Å²) in [7, 11) is 4.24. The fourth-order valence-corrected chi connectivity index (χ4v) is 1.35. The minimum Gasteiger partial charge on any atom is -0.309 e. The van der Waals surface area contributed by atoms with Gasteiger partial charge >= 0.3 is 0 Å². The van der Waals surface area contributed by atoms with E-state index in [1.165, 1.54) is 30.5 Å².